The molecular weight excluding hydrogens is 716 g/mol. The van der Waals surface area contributed by atoms with Gasteiger partial charge >= 0.3 is 11.3 Å². The number of aliphatic hydroxyl groups is 9. The van der Waals surface area contributed by atoms with Crippen LogP contribution >= 0.6 is 0 Å². The molecule has 14 atom stereocenters. The first kappa shape index (κ1) is 39.0. The molecule has 0 bridgehead atoms. The molecule has 6 rings (SSSR count). The van der Waals surface area contributed by atoms with E-state index in [4.69, 9.17) is 37.6 Å². The molecular formula is C33H41O20+. The first-order valence-electron chi connectivity index (χ1n) is 16.3. The SMILES string of the molecule is COc1cc(-c2[o+]c3cc(O)cc(O)c3cc2OC2O[C@H](CO)[C@H](OC3O[C@H](CO)[C@@H](O[C@@H]4O[C@H](CO)[C@H](O)[C@H]4O)[C@H](O)[C@H]3O)[C@H](O)[C@H]2O)ccc1O. The lowest BCUT2D eigenvalue weighted by atomic mass is 9.96. The zero-order valence-electron chi connectivity index (χ0n) is 27.8. The van der Waals surface area contributed by atoms with E-state index in [0.29, 0.717) is 0 Å². The summed E-state index contributed by atoms with van der Waals surface area (Å²) in [5, 5.41) is 125. The molecule has 3 aliphatic heterocycles. The van der Waals surface area contributed by atoms with Crippen LogP contribution in [0.3, 0.4) is 0 Å². The van der Waals surface area contributed by atoms with Crippen LogP contribution in [0.2, 0.25) is 0 Å². The topological polar surface area (TPSA) is 319 Å². The lowest BCUT2D eigenvalue weighted by Crippen LogP contribution is -2.65. The number of phenols is 3. The van der Waals surface area contributed by atoms with E-state index < -0.39 is 112 Å². The van der Waals surface area contributed by atoms with Crippen LogP contribution in [-0.2, 0) is 23.7 Å². The Labute approximate surface area is 299 Å². The minimum Gasteiger partial charge on any atom is -0.507 e. The molecule has 20 heteroatoms. The minimum atomic E-state index is -1.96. The van der Waals surface area contributed by atoms with Crippen molar-refractivity contribution >= 4 is 11.0 Å². The number of hydrogen-bond donors (Lipinski definition) is 12. The van der Waals surface area contributed by atoms with Crippen LogP contribution in [0.4, 0.5) is 0 Å². The normalized spacial score (nSPS) is 36.1. The average molecular weight is 758 g/mol. The number of aliphatic hydroxyl groups excluding tert-OH is 9. The molecule has 20 nitrogen and oxygen atoms in total. The van der Waals surface area contributed by atoms with Crippen molar-refractivity contribution in [2.75, 3.05) is 26.9 Å². The molecule has 2 aromatic carbocycles. The molecule has 4 heterocycles. The Bertz CT molecular complexity index is 1720. The van der Waals surface area contributed by atoms with Gasteiger partial charge in [-0.05, 0) is 12.1 Å². The van der Waals surface area contributed by atoms with Crippen LogP contribution in [-0.4, -0.2) is 174 Å². The summed E-state index contributed by atoms with van der Waals surface area (Å²) in [7, 11) is 1.32. The number of hydrogen-bond acceptors (Lipinski definition) is 19. The summed E-state index contributed by atoms with van der Waals surface area (Å²) in [5.41, 5.74) is 0.260. The zero-order chi connectivity index (χ0) is 38.3. The Morgan fingerprint density at radius 1 is 0.604 bits per heavy atom. The molecule has 3 aliphatic rings. The average Bonchev–Trinajstić information content (AvgIpc) is 3.42. The molecule has 53 heavy (non-hydrogen) atoms. The van der Waals surface area contributed by atoms with Gasteiger partial charge in [0.25, 0.3) is 0 Å². The van der Waals surface area contributed by atoms with Gasteiger partial charge in [0.05, 0.1) is 38.6 Å². The van der Waals surface area contributed by atoms with Crippen LogP contribution in [0.1, 0.15) is 0 Å². The van der Waals surface area contributed by atoms with Crippen LogP contribution in [0.5, 0.6) is 28.7 Å². The van der Waals surface area contributed by atoms with Gasteiger partial charge in [0.1, 0.15) is 84.0 Å². The summed E-state index contributed by atoms with van der Waals surface area (Å²) in [4.78, 5) is 0. The van der Waals surface area contributed by atoms with Gasteiger partial charge in [-0.3, -0.25) is 0 Å². The van der Waals surface area contributed by atoms with Gasteiger partial charge in [-0.15, -0.1) is 0 Å². The zero-order valence-corrected chi connectivity index (χ0v) is 27.8. The van der Waals surface area contributed by atoms with E-state index >= 15 is 0 Å². The summed E-state index contributed by atoms with van der Waals surface area (Å²) >= 11 is 0. The second-order valence-electron chi connectivity index (χ2n) is 12.6. The van der Waals surface area contributed by atoms with Crippen LogP contribution < -0.4 is 9.47 Å². The fourth-order valence-electron chi connectivity index (χ4n) is 6.36. The molecule has 2 unspecified atom stereocenters. The Hall–Kier alpha value is -3.71. The highest BCUT2D eigenvalue weighted by Crippen LogP contribution is 2.43. The van der Waals surface area contributed by atoms with Gasteiger partial charge in [0.15, 0.2) is 24.1 Å². The Morgan fingerprint density at radius 2 is 1.15 bits per heavy atom. The van der Waals surface area contributed by atoms with E-state index in [1.165, 1.54) is 37.4 Å². The van der Waals surface area contributed by atoms with Crippen molar-refractivity contribution in [1.82, 2.24) is 0 Å². The predicted octanol–water partition coefficient (Wildman–Crippen LogP) is -3.03. The highest BCUT2D eigenvalue weighted by Gasteiger charge is 2.54. The van der Waals surface area contributed by atoms with Crippen molar-refractivity contribution in [3.05, 3.63) is 36.4 Å². The maximum Gasteiger partial charge on any atom is 0.402 e. The third-order valence-electron chi connectivity index (χ3n) is 9.22. The fourth-order valence-corrected chi connectivity index (χ4v) is 6.36. The molecule has 3 aromatic rings. The Balaban J connectivity index is 1.22. The van der Waals surface area contributed by atoms with Crippen molar-refractivity contribution in [3.63, 3.8) is 0 Å². The maximum absolute atomic E-state index is 11.2. The quantitative estimate of drug-likeness (QED) is 0.0866. The number of phenolic OH excluding ortho intramolecular Hbond substituents is 3. The summed E-state index contributed by atoms with van der Waals surface area (Å²) in [6, 6.07) is 7.68. The number of rotatable bonds is 11. The molecule has 0 saturated carbocycles. The number of aromatic hydroxyl groups is 3. The summed E-state index contributed by atoms with van der Waals surface area (Å²) < 4.78 is 45.0. The van der Waals surface area contributed by atoms with E-state index in [9.17, 15) is 61.3 Å². The smallest absolute Gasteiger partial charge is 0.402 e. The molecule has 3 saturated heterocycles. The molecule has 0 spiro atoms. The number of ether oxygens (including phenoxy) is 7. The standard InChI is InChI=1S/C33H40O20/c1-46-17-4-11(2-3-14(17)38)28-18(7-13-15(39)5-12(37)6-16(13)47-28)48-31-26(44)23(41)29(20(9-35)50-31)53-33-27(45)24(42)30(21(10-36)51-33)52-32-25(43)22(40)19(8-34)49-32/h2-7,19-27,29-36,40-45H,8-10H2,1H3,(H2-,37,38,39)/p+1/t19-,20-,21-,22+,23-,24-,25-,26-,27-,29+,30-,31?,32+,33?/m1/s1. The Kier molecular flexibility index (Phi) is 11.7. The van der Waals surface area contributed by atoms with Gasteiger partial charge in [0, 0.05) is 18.2 Å². The van der Waals surface area contributed by atoms with Crippen molar-refractivity contribution in [1.29, 1.82) is 0 Å². The number of fused-ring (bicyclic) bond motifs is 1. The predicted molar refractivity (Wildman–Crippen MR) is 171 cm³/mol. The van der Waals surface area contributed by atoms with E-state index in [1.54, 1.807) is 0 Å². The fraction of sp³-hybridized carbons (Fsp3) is 0.545. The molecule has 1 aromatic heterocycles. The highest BCUT2D eigenvalue weighted by atomic mass is 16.8. The molecule has 12 N–H and O–H groups in total. The second kappa shape index (κ2) is 15.9. The summed E-state index contributed by atoms with van der Waals surface area (Å²) in [5.74, 6) is -1.13. The molecule has 3 fully saturated rings. The highest BCUT2D eigenvalue weighted by molar-refractivity contribution is 5.88. The van der Waals surface area contributed by atoms with Gasteiger partial charge < -0.3 is 94.4 Å². The lowest BCUT2D eigenvalue weighted by molar-refractivity contribution is -0.363. The van der Waals surface area contributed by atoms with Crippen LogP contribution in [0.25, 0.3) is 22.3 Å². The van der Waals surface area contributed by atoms with E-state index in [0.717, 1.165) is 6.07 Å². The summed E-state index contributed by atoms with van der Waals surface area (Å²) in [6.45, 7) is -2.36. The minimum absolute atomic E-state index is 0.00433. The van der Waals surface area contributed by atoms with Crippen molar-refractivity contribution in [2.24, 2.45) is 0 Å². The van der Waals surface area contributed by atoms with Crippen LogP contribution in [0, 0.1) is 0 Å². The number of benzene rings is 2. The molecule has 0 aliphatic carbocycles. The third kappa shape index (κ3) is 7.52. The van der Waals surface area contributed by atoms with Gasteiger partial charge in [-0.25, -0.2) is 4.42 Å². The molecule has 0 amide bonds. The van der Waals surface area contributed by atoms with Crippen molar-refractivity contribution in [2.45, 2.75) is 86.0 Å². The first-order valence-corrected chi connectivity index (χ1v) is 16.3. The first-order chi connectivity index (χ1) is 25.3. The monoisotopic (exact) mass is 757 g/mol. The van der Waals surface area contributed by atoms with Crippen molar-refractivity contribution in [3.8, 4) is 40.1 Å². The van der Waals surface area contributed by atoms with Crippen LogP contribution in [0.15, 0.2) is 40.8 Å². The lowest BCUT2D eigenvalue weighted by Gasteiger charge is -2.46. The maximum atomic E-state index is 11.2. The summed E-state index contributed by atoms with van der Waals surface area (Å²) in [6.07, 6.45) is -23.5. The number of methoxy groups -OCH3 is 1. The molecule has 0 radical (unpaired) electrons. The second-order valence-corrected chi connectivity index (χ2v) is 12.6. The van der Waals surface area contributed by atoms with Gasteiger partial charge in [-0.1, -0.05) is 0 Å². The van der Waals surface area contributed by atoms with E-state index in [2.05, 4.69) is 0 Å². The van der Waals surface area contributed by atoms with Gasteiger partial charge in [0.2, 0.25) is 12.0 Å². The van der Waals surface area contributed by atoms with E-state index in [-0.39, 0.29) is 45.3 Å². The van der Waals surface area contributed by atoms with Crippen molar-refractivity contribution < 1.29 is 98.9 Å². The largest absolute Gasteiger partial charge is 0.507 e. The Morgan fingerprint density at radius 3 is 1.72 bits per heavy atom. The van der Waals surface area contributed by atoms with E-state index in [1.807, 2.05) is 0 Å². The molecule has 292 valence electrons. The third-order valence-corrected chi connectivity index (χ3v) is 9.22. The van der Waals surface area contributed by atoms with Gasteiger partial charge in [-0.2, -0.15) is 0 Å².